The van der Waals surface area contributed by atoms with Crippen molar-refractivity contribution in [2.24, 2.45) is 0 Å². The normalized spacial score (nSPS) is 49.2. The second kappa shape index (κ2) is 2.91. The van der Waals surface area contributed by atoms with Gasteiger partial charge in [-0.2, -0.15) is 0 Å². The summed E-state index contributed by atoms with van der Waals surface area (Å²) in [6.45, 7) is 0. The first-order valence-electron chi connectivity index (χ1n) is 3.90. The molecule has 2 heterocycles. The van der Waals surface area contributed by atoms with Gasteiger partial charge in [0, 0.05) is 7.11 Å². The summed E-state index contributed by atoms with van der Waals surface area (Å²) in [5.74, 6) is -0.761. The molecule has 5 atom stereocenters. The number of esters is 1. The molecule has 2 aliphatic heterocycles. The van der Waals surface area contributed by atoms with Crippen molar-refractivity contribution in [3.8, 4) is 0 Å². The summed E-state index contributed by atoms with van der Waals surface area (Å²) < 4.78 is 14.5. The predicted octanol–water partition coefficient (Wildman–Crippen LogP) is -2.00. The summed E-state index contributed by atoms with van der Waals surface area (Å²) in [5.41, 5.74) is 0. The highest BCUT2D eigenvalue weighted by atomic mass is 16.7. The van der Waals surface area contributed by atoms with E-state index in [-0.39, 0.29) is 0 Å². The largest absolute Gasteiger partial charge is 0.454 e. The molecule has 6 nitrogen and oxygen atoms in total. The van der Waals surface area contributed by atoms with Crippen LogP contribution in [0, 0.1) is 0 Å². The molecule has 2 fully saturated rings. The Hall–Kier alpha value is -0.690. The predicted molar refractivity (Wildman–Crippen MR) is 37.6 cm³/mol. The van der Waals surface area contributed by atoms with E-state index in [1.54, 1.807) is 0 Å². The van der Waals surface area contributed by atoms with E-state index in [1.807, 2.05) is 0 Å². The average Bonchev–Trinajstić information content (AvgIpc) is 2.56. The maximum Gasteiger partial charge on any atom is 0.338 e. The second-order valence-electron chi connectivity index (χ2n) is 3.04. The Morgan fingerprint density at radius 1 is 1.38 bits per heavy atom. The Morgan fingerprint density at radius 3 is 2.62 bits per heavy atom. The van der Waals surface area contributed by atoms with Crippen LogP contribution < -0.4 is 0 Å². The van der Waals surface area contributed by atoms with Gasteiger partial charge in [-0.05, 0) is 0 Å². The van der Waals surface area contributed by atoms with Crippen LogP contribution >= 0.6 is 0 Å². The first kappa shape index (κ1) is 8.89. The van der Waals surface area contributed by atoms with E-state index in [1.165, 1.54) is 7.11 Å². The molecule has 0 aromatic heterocycles. The monoisotopic (exact) mass is 190 g/mol. The van der Waals surface area contributed by atoms with Crippen molar-refractivity contribution in [2.75, 3.05) is 7.11 Å². The zero-order chi connectivity index (χ0) is 9.59. The number of fused-ring (bicyclic) bond motifs is 1. The van der Waals surface area contributed by atoms with Gasteiger partial charge in [0.2, 0.25) is 0 Å². The van der Waals surface area contributed by atoms with Gasteiger partial charge in [0.1, 0.15) is 12.2 Å². The number of hydrogen-bond donors (Lipinski definition) is 2. The number of hydrogen-bond acceptors (Lipinski definition) is 6. The lowest BCUT2D eigenvalue weighted by atomic mass is 10.1. The molecule has 13 heavy (non-hydrogen) atoms. The lowest BCUT2D eigenvalue weighted by Gasteiger charge is -2.14. The minimum absolute atomic E-state index is 0.761. The molecule has 2 aliphatic rings. The number of carbonyl (C=O) groups is 1. The third kappa shape index (κ3) is 1.14. The Balaban J connectivity index is 2.14. The molecule has 6 heteroatoms. The topological polar surface area (TPSA) is 85.2 Å². The number of rotatable bonds is 1. The molecule has 2 rings (SSSR count). The van der Waals surface area contributed by atoms with Crippen LogP contribution in [0.2, 0.25) is 0 Å². The van der Waals surface area contributed by atoms with Gasteiger partial charge in [-0.1, -0.05) is 0 Å². The highest BCUT2D eigenvalue weighted by Gasteiger charge is 2.56. The van der Waals surface area contributed by atoms with Crippen molar-refractivity contribution in [1.29, 1.82) is 0 Å². The molecule has 0 radical (unpaired) electrons. The molecular weight excluding hydrogens is 180 g/mol. The van der Waals surface area contributed by atoms with Gasteiger partial charge in [0.05, 0.1) is 0 Å². The average molecular weight is 190 g/mol. The van der Waals surface area contributed by atoms with Gasteiger partial charge in [0.25, 0.3) is 0 Å². The zero-order valence-electron chi connectivity index (χ0n) is 6.91. The Kier molecular flexibility index (Phi) is 1.99. The summed E-state index contributed by atoms with van der Waals surface area (Å²) >= 11 is 0. The van der Waals surface area contributed by atoms with Crippen LogP contribution in [0.15, 0.2) is 0 Å². The van der Waals surface area contributed by atoms with Crippen molar-refractivity contribution >= 4 is 5.97 Å². The Bertz CT molecular complexity index is 229. The van der Waals surface area contributed by atoms with Crippen molar-refractivity contribution in [3.63, 3.8) is 0 Å². The molecule has 2 N–H and O–H groups in total. The molecule has 0 aromatic rings. The number of ether oxygens (including phenoxy) is 3. The van der Waals surface area contributed by atoms with Crippen LogP contribution in [-0.4, -0.2) is 54.0 Å². The van der Waals surface area contributed by atoms with E-state index < -0.39 is 36.7 Å². The van der Waals surface area contributed by atoms with E-state index in [2.05, 4.69) is 0 Å². The molecular formula is C7H10O6. The van der Waals surface area contributed by atoms with Crippen molar-refractivity contribution in [3.05, 3.63) is 0 Å². The van der Waals surface area contributed by atoms with Crippen molar-refractivity contribution < 1.29 is 29.2 Å². The SMILES string of the molecule is CO[C@H]1O[C@H]2[C@H](OC(=O)[C@@H]2O)[C@H]1O. The van der Waals surface area contributed by atoms with Gasteiger partial charge in [0.15, 0.2) is 18.5 Å². The maximum atomic E-state index is 10.8. The lowest BCUT2D eigenvalue weighted by Crippen LogP contribution is -2.32. The highest BCUT2D eigenvalue weighted by Crippen LogP contribution is 2.31. The molecule has 0 aliphatic carbocycles. The van der Waals surface area contributed by atoms with Crippen LogP contribution in [0.1, 0.15) is 0 Å². The van der Waals surface area contributed by atoms with Crippen LogP contribution in [0.5, 0.6) is 0 Å². The van der Waals surface area contributed by atoms with Crippen molar-refractivity contribution in [1.82, 2.24) is 0 Å². The van der Waals surface area contributed by atoms with Gasteiger partial charge in [-0.3, -0.25) is 0 Å². The minimum atomic E-state index is -1.32. The summed E-state index contributed by atoms with van der Waals surface area (Å²) in [4.78, 5) is 10.8. The van der Waals surface area contributed by atoms with Crippen LogP contribution in [0.3, 0.4) is 0 Å². The first-order chi connectivity index (χ1) is 6.15. The summed E-state index contributed by atoms with van der Waals surface area (Å²) in [5, 5.41) is 18.7. The van der Waals surface area contributed by atoms with E-state index in [9.17, 15) is 15.0 Å². The molecule has 0 amide bonds. The number of aliphatic hydroxyl groups is 2. The quantitative estimate of drug-likeness (QED) is 0.465. The number of aliphatic hydroxyl groups excluding tert-OH is 2. The Morgan fingerprint density at radius 2 is 2.08 bits per heavy atom. The van der Waals surface area contributed by atoms with E-state index in [0.717, 1.165) is 0 Å². The van der Waals surface area contributed by atoms with Gasteiger partial charge < -0.3 is 24.4 Å². The molecule has 2 saturated heterocycles. The molecule has 74 valence electrons. The number of carbonyl (C=O) groups excluding carboxylic acids is 1. The standard InChI is InChI=1S/C7H10O6/c1-11-7-3(9)5-4(13-7)2(8)6(10)12-5/h2-5,7-9H,1H3/t2-,3-,4-,5-,7+/m1/s1. The van der Waals surface area contributed by atoms with E-state index >= 15 is 0 Å². The summed E-state index contributed by atoms with van der Waals surface area (Å²) in [6, 6.07) is 0. The first-order valence-corrected chi connectivity index (χ1v) is 3.90. The fourth-order valence-electron chi connectivity index (χ4n) is 1.59. The maximum absolute atomic E-state index is 10.8. The van der Waals surface area contributed by atoms with E-state index in [4.69, 9.17) is 14.2 Å². The lowest BCUT2D eigenvalue weighted by molar-refractivity contribution is -0.177. The summed E-state index contributed by atoms with van der Waals surface area (Å²) in [6.07, 6.45) is -4.81. The van der Waals surface area contributed by atoms with Gasteiger partial charge >= 0.3 is 5.97 Å². The fourth-order valence-corrected chi connectivity index (χ4v) is 1.59. The van der Waals surface area contributed by atoms with Crippen LogP contribution in [-0.2, 0) is 19.0 Å². The molecule has 0 bridgehead atoms. The fraction of sp³-hybridized carbons (Fsp3) is 0.857. The third-order valence-electron chi connectivity index (χ3n) is 2.27. The van der Waals surface area contributed by atoms with Crippen LogP contribution in [0.25, 0.3) is 0 Å². The van der Waals surface area contributed by atoms with Gasteiger partial charge in [-0.15, -0.1) is 0 Å². The smallest absolute Gasteiger partial charge is 0.338 e. The molecule has 0 saturated carbocycles. The van der Waals surface area contributed by atoms with Gasteiger partial charge in [-0.25, -0.2) is 4.79 Å². The zero-order valence-corrected chi connectivity index (χ0v) is 6.91. The summed E-state index contributed by atoms with van der Waals surface area (Å²) in [7, 11) is 1.36. The second-order valence-corrected chi connectivity index (χ2v) is 3.04. The highest BCUT2D eigenvalue weighted by molar-refractivity contribution is 5.78. The third-order valence-corrected chi connectivity index (χ3v) is 2.27. The number of methoxy groups -OCH3 is 1. The van der Waals surface area contributed by atoms with Crippen LogP contribution in [0.4, 0.5) is 0 Å². The molecule has 0 spiro atoms. The Labute approximate surface area is 74.0 Å². The van der Waals surface area contributed by atoms with E-state index in [0.29, 0.717) is 0 Å². The molecule has 0 unspecified atom stereocenters. The molecule has 0 aromatic carbocycles. The minimum Gasteiger partial charge on any atom is -0.454 e. The van der Waals surface area contributed by atoms with Crippen molar-refractivity contribution in [2.45, 2.75) is 30.7 Å².